The second kappa shape index (κ2) is 11.3. The van der Waals surface area contributed by atoms with Crippen molar-refractivity contribution in [3.63, 3.8) is 0 Å². The molecule has 2 aromatic rings. The minimum atomic E-state index is -0.501. The number of imide groups is 1. The van der Waals surface area contributed by atoms with Crippen LogP contribution in [0.2, 0.25) is 5.02 Å². The highest BCUT2D eigenvalue weighted by molar-refractivity contribution is 8.18. The number of carbonyl (C=O) groups is 3. The summed E-state index contributed by atoms with van der Waals surface area (Å²) in [5.41, 5.74) is 1.70. The summed E-state index contributed by atoms with van der Waals surface area (Å²) >= 11 is 7.19. The summed E-state index contributed by atoms with van der Waals surface area (Å²) in [5.74, 6) is 0.0916. The van der Waals surface area contributed by atoms with E-state index < -0.39 is 11.1 Å². The van der Waals surface area contributed by atoms with Crippen LogP contribution >= 0.6 is 23.4 Å². The van der Waals surface area contributed by atoms with Crippen LogP contribution in [0.25, 0.3) is 6.08 Å². The zero-order valence-electron chi connectivity index (χ0n) is 20.4. The molecule has 2 aliphatic rings. The number of thioether (sulfide) groups is 1. The predicted molar refractivity (Wildman–Crippen MR) is 142 cm³/mol. The number of nitrogens with zero attached hydrogens (tertiary/aromatic N) is 3. The average molecular weight is 530 g/mol. The quantitative estimate of drug-likeness (QED) is 0.488. The number of benzene rings is 2. The highest BCUT2D eigenvalue weighted by Gasteiger charge is 2.37. The fourth-order valence-electron chi connectivity index (χ4n) is 4.05. The summed E-state index contributed by atoms with van der Waals surface area (Å²) in [5, 5.41) is -0.140. The molecule has 0 unspecified atom stereocenters. The number of methoxy groups -OCH3 is 1. The number of hydrogen-bond acceptors (Lipinski definition) is 7. The number of ether oxygens (including phenoxy) is 2. The van der Waals surface area contributed by atoms with Crippen molar-refractivity contribution in [2.45, 2.75) is 20.0 Å². The first kappa shape index (κ1) is 25.9. The lowest BCUT2D eigenvalue weighted by Gasteiger charge is -2.36. The first-order valence-electron chi connectivity index (χ1n) is 11.6. The summed E-state index contributed by atoms with van der Waals surface area (Å²) in [4.78, 5) is 43.6. The highest BCUT2D eigenvalue weighted by atomic mass is 35.5. The van der Waals surface area contributed by atoms with Gasteiger partial charge in [-0.3, -0.25) is 19.3 Å². The number of hydrogen-bond donors (Lipinski definition) is 0. The maximum Gasteiger partial charge on any atom is 0.294 e. The molecule has 0 radical (unpaired) electrons. The second-order valence-electron chi connectivity index (χ2n) is 8.67. The van der Waals surface area contributed by atoms with E-state index in [1.807, 2.05) is 44.2 Å². The molecule has 36 heavy (non-hydrogen) atoms. The van der Waals surface area contributed by atoms with E-state index in [2.05, 4.69) is 4.90 Å². The van der Waals surface area contributed by atoms with Gasteiger partial charge in [0, 0.05) is 31.9 Å². The summed E-state index contributed by atoms with van der Waals surface area (Å²) in [6.07, 6.45) is 1.47. The Hall–Kier alpha value is -3.17. The molecular formula is C26H28ClN3O5S. The van der Waals surface area contributed by atoms with Crippen molar-refractivity contribution in [3.8, 4) is 11.5 Å². The van der Waals surface area contributed by atoms with E-state index in [0.717, 1.165) is 22.3 Å². The Kier molecular flexibility index (Phi) is 8.11. The predicted octanol–water partition coefficient (Wildman–Crippen LogP) is 4.52. The van der Waals surface area contributed by atoms with Crippen molar-refractivity contribution in [3.05, 3.63) is 58.0 Å². The maximum absolute atomic E-state index is 13.0. The van der Waals surface area contributed by atoms with Crippen molar-refractivity contribution in [1.82, 2.24) is 9.80 Å². The molecule has 2 heterocycles. The van der Waals surface area contributed by atoms with E-state index in [1.165, 1.54) is 7.11 Å². The van der Waals surface area contributed by atoms with Crippen molar-refractivity contribution >= 4 is 52.2 Å². The first-order valence-corrected chi connectivity index (χ1v) is 12.8. The van der Waals surface area contributed by atoms with Gasteiger partial charge in [-0.25, -0.2) is 0 Å². The van der Waals surface area contributed by atoms with Crippen LogP contribution in [0.3, 0.4) is 0 Å². The fourth-order valence-corrected chi connectivity index (χ4v) is 5.15. The lowest BCUT2D eigenvalue weighted by Crippen LogP contribution is -2.51. The first-order chi connectivity index (χ1) is 17.3. The molecule has 4 rings (SSSR count). The lowest BCUT2D eigenvalue weighted by atomic mass is 10.1. The minimum Gasteiger partial charge on any atom is -0.493 e. The summed E-state index contributed by atoms with van der Waals surface area (Å²) in [7, 11) is 1.50. The molecule has 2 aromatic carbocycles. The Balaban J connectivity index is 1.41. The van der Waals surface area contributed by atoms with Gasteiger partial charge in [0.1, 0.15) is 6.54 Å². The molecule has 2 aliphatic heterocycles. The van der Waals surface area contributed by atoms with E-state index in [1.54, 1.807) is 23.1 Å². The van der Waals surface area contributed by atoms with Crippen LogP contribution in [-0.4, -0.2) is 72.8 Å². The Morgan fingerprint density at radius 3 is 2.44 bits per heavy atom. The van der Waals surface area contributed by atoms with Gasteiger partial charge < -0.3 is 19.3 Å². The minimum absolute atomic E-state index is 0.0994. The van der Waals surface area contributed by atoms with Gasteiger partial charge >= 0.3 is 0 Å². The molecule has 8 nitrogen and oxygen atoms in total. The van der Waals surface area contributed by atoms with Gasteiger partial charge in [-0.2, -0.15) is 0 Å². The third-order valence-corrected chi connectivity index (χ3v) is 7.01. The van der Waals surface area contributed by atoms with Crippen LogP contribution < -0.4 is 14.4 Å². The van der Waals surface area contributed by atoms with E-state index in [-0.39, 0.29) is 23.5 Å². The summed E-state index contributed by atoms with van der Waals surface area (Å²) in [6.45, 7) is 5.92. The van der Waals surface area contributed by atoms with Gasteiger partial charge in [0.15, 0.2) is 11.5 Å². The van der Waals surface area contributed by atoms with Crippen LogP contribution in [0.5, 0.6) is 11.5 Å². The number of amides is 3. The third-order valence-electron chi connectivity index (χ3n) is 5.82. The molecule has 3 amide bonds. The molecule has 0 bridgehead atoms. The molecule has 2 fully saturated rings. The van der Waals surface area contributed by atoms with E-state index in [4.69, 9.17) is 21.1 Å². The van der Waals surface area contributed by atoms with E-state index >= 15 is 0 Å². The molecule has 10 heteroatoms. The van der Waals surface area contributed by atoms with Crippen molar-refractivity contribution in [2.24, 2.45) is 0 Å². The Labute approximate surface area is 219 Å². The van der Waals surface area contributed by atoms with Crippen LogP contribution in [0.15, 0.2) is 47.4 Å². The monoisotopic (exact) mass is 529 g/mol. The van der Waals surface area contributed by atoms with Gasteiger partial charge in [-0.15, -0.1) is 0 Å². The number of halogens is 1. The zero-order chi connectivity index (χ0) is 25.8. The highest BCUT2D eigenvalue weighted by Crippen LogP contribution is 2.39. The van der Waals surface area contributed by atoms with Crippen molar-refractivity contribution in [1.29, 1.82) is 0 Å². The molecule has 2 saturated heterocycles. The SMILES string of the molecule is COc1cc(/C=C2/SC(=O)N(CC(=O)N3CCN(c4ccccc4)CC3)C2=O)cc(Cl)c1OC(C)C. The van der Waals surface area contributed by atoms with Crippen molar-refractivity contribution < 1.29 is 23.9 Å². The van der Waals surface area contributed by atoms with Gasteiger partial charge in [-0.1, -0.05) is 29.8 Å². The van der Waals surface area contributed by atoms with Gasteiger partial charge in [0.2, 0.25) is 5.91 Å². The smallest absolute Gasteiger partial charge is 0.294 e. The van der Waals surface area contributed by atoms with Gasteiger partial charge in [-0.05, 0) is 61.5 Å². The summed E-state index contributed by atoms with van der Waals surface area (Å²) < 4.78 is 11.1. The van der Waals surface area contributed by atoms with E-state index in [9.17, 15) is 14.4 Å². The molecular weight excluding hydrogens is 502 g/mol. The Morgan fingerprint density at radius 1 is 1.11 bits per heavy atom. The Bertz CT molecular complexity index is 1180. The van der Waals surface area contributed by atoms with Gasteiger partial charge in [0.05, 0.1) is 23.1 Å². The van der Waals surface area contributed by atoms with Crippen LogP contribution in [0, 0.1) is 0 Å². The normalized spacial score (nSPS) is 17.4. The second-order valence-corrected chi connectivity index (χ2v) is 10.1. The Morgan fingerprint density at radius 2 is 1.81 bits per heavy atom. The van der Waals surface area contributed by atoms with Crippen molar-refractivity contribution in [2.75, 3.05) is 44.7 Å². The lowest BCUT2D eigenvalue weighted by molar-refractivity contribution is -0.136. The summed E-state index contributed by atoms with van der Waals surface area (Å²) in [6, 6.07) is 13.4. The molecule has 0 atom stereocenters. The fraction of sp³-hybridized carbons (Fsp3) is 0.346. The molecule has 0 aliphatic carbocycles. The number of piperazine rings is 1. The molecule has 0 aromatic heterocycles. The maximum atomic E-state index is 13.0. The topological polar surface area (TPSA) is 79.4 Å². The standard InChI is InChI=1S/C26H28ClN3O5S/c1-17(2)35-24-20(27)13-18(14-21(24)34-3)15-22-25(32)30(26(33)36-22)16-23(31)29-11-9-28(10-12-29)19-7-5-4-6-8-19/h4-8,13-15,17H,9-12,16H2,1-3H3/b22-15+. The number of rotatable bonds is 7. The number of anilines is 1. The number of carbonyl (C=O) groups excluding carboxylic acids is 3. The largest absolute Gasteiger partial charge is 0.493 e. The number of para-hydroxylation sites is 1. The molecule has 0 N–H and O–H groups in total. The van der Waals surface area contributed by atoms with Crippen LogP contribution in [-0.2, 0) is 9.59 Å². The molecule has 0 saturated carbocycles. The van der Waals surface area contributed by atoms with Crippen LogP contribution in [0.1, 0.15) is 19.4 Å². The third kappa shape index (κ3) is 5.79. The average Bonchev–Trinajstić information content (AvgIpc) is 3.13. The van der Waals surface area contributed by atoms with E-state index in [0.29, 0.717) is 48.3 Å². The molecule has 190 valence electrons. The molecule has 0 spiro atoms. The zero-order valence-corrected chi connectivity index (χ0v) is 22.0. The van der Waals surface area contributed by atoms with Gasteiger partial charge in [0.25, 0.3) is 11.1 Å². The van der Waals surface area contributed by atoms with Crippen LogP contribution in [0.4, 0.5) is 10.5 Å².